The van der Waals surface area contributed by atoms with Gasteiger partial charge in [0.15, 0.2) is 0 Å². The third-order valence-electron chi connectivity index (χ3n) is 3.47. The van der Waals surface area contributed by atoms with Crippen molar-refractivity contribution in [2.75, 3.05) is 0 Å². The van der Waals surface area contributed by atoms with E-state index in [1.165, 1.54) is 0 Å². The summed E-state index contributed by atoms with van der Waals surface area (Å²) in [5.74, 6) is 0.794. The fourth-order valence-electron chi connectivity index (χ4n) is 2.13. The van der Waals surface area contributed by atoms with Gasteiger partial charge >= 0.3 is 0 Å². The summed E-state index contributed by atoms with van der Waals surface area (Å²) >= 11 is 7.57. The molecule has 26 heavy (non-hydrogen) atoms. The molecule has 3 aromatic rings. The van der Waals surface area contributed by atoms with Crippen LogP contribution in [0, 0.1) is 0 Å². The van der Waals surface area contributed by atoms with Crippen LogP contribution in [0.1, 0.15) is 6.92 Å². The van der Waals surface area contributed by atoms with Crippen LogP contribution in [0.5, 0.6) is 5.75 Å². The minimum atomic E-state index is 0.695. The number of thioether (sulfide) groups is 1. The summed E-state index contributed by atoms with van der Waals surface area (Å²) in [6.45, 7) is 1.99. The number of ether oxygens (including phenoxy) is 1. The lowest BCUT2D eigenvalue weighted by Gasteiger charge is -2.08. The Morgan fingerprint density at radius 3 is 2.15 bits per heavy atom. The molecule has 0 aliphatic rings. The van der Waals surface area contributed by atoms with Gasteiger partial charge in [-0.2, -0.15) is 0 Å². The van der Waals surface area contributed by atoms with E-state index < -0.39 is 0 Å². The fraction of sp³-hybridized carbons (Fsp3) is 0.0455. The van der Waals surface area contributed by atoms with E-state index in [2.05, 4.69) is 12.1 Å². The lowest BCUT2D eigenvalue weighted by molar-refractivity contribution is 0.478. The average molecular weight is 380 g/mol. The quantitative estimate of drug-likeness (QED) is 0.203. The Morgan fingerprint density at radius 2 is 1.50 bits per heavy atom. The topological polar surface area (TPSA) is 21.6 Å². The minimum absolute atomic E-state index is 0.695. The molecule has 0 aliphatic carbocycles. The Kier molecular flexibility index (Phi) is 6.53. The number of aliphatic imine (C=N–C) groups is 1. The van der Waals surface area contributed by atoms with Crippen LogP contribution in [0.3, 0.4) is 0 Å². The fourth-order valence-corrected chi connectivity index (χ4v) is 3.13. The normalized spacial score (nSPS) is 12.1. The lowest BCUT2D eigenvalue weighted by Crippen LogP contribution is -1.97. The van der Waals surface area contributed by atoms with Crippen LogP contribution in [0.2, 0.25) is 5.02 Å². The van der Waals surface area contributed by atoms with Gasteiger partial charge in [-0.25, -0.2) is 4.99 Å². The molecule has 4 heteroatoms. The van der Waals surface area contributed by atoms with E-state index in [-0.39, 0.29) is 0 Å². The molecule has 130 valence electrons. The molecule has 3 aromatic carbocycles. The van der Waals surface area contributed by atoms with Gasteiger partial charge < -0.3 is 4.74 Å². The largest absolute Gasteiger partial charge is 0.465 e. The second-order valence-electron chi connectivity index (χ2n) is 5.54. The second-order valence-corrected chi connectivity index (χ2v) is 7.04. The van der Waals surface area contributed by atoms with Gasteiger partial charge in [-0.05, 0) is 55.5 Å². The van der Waals surface area contributed by atoms with E-state index in [1.807, 2.05) is 79.7 Å². The van der Waals surface area contributed by atoms with Crippen LogP contribution in [0.4, 0.5) is 5.69 Å². The van der Waals surface area contributed by atoms with Crippen molar-refractivity contribution >= 4 is 34.1 Å². The van der Waals surface area contributed by atoms with Crippen molar-refractivity contribution < 1.29 is 4.74 Å². The van der Waals surface area contributed by atoms with E-state index in [9.17, 15) is 0 Å². The molecule has 0 bridgehead atoms. The van der Waals surface area contributed by atoms with E-state index in [4.69, 9.17) is 21.3 Å². The zero-order valence-corrected chi connectivity index (χ0v) is 15.9. The van der Waals surface area contributed by atoms with Gasteiger partial charge in [0.25, 0.3) is 0 Å². The van der Waals surface area contributed by atoms with Gasteiger partial charge in [0.1, 0.15) is 10.8 Å². The Morgan fingerprint density at radius 1 is 0.885 bits per heavy atom. The van der Waals surface area contributed by atoms with Crippen LogP contribution >= 0.6 is 23.4 Å². The molecule has 0 unspecified atom stereocenters. The van der Waals surface area contributed by atoms with Gasteiger partial charge in [-0.3, -0.25) is 0 Å². The molecule has 0 radical (unpaired) electrons. The molecule has 3 rings (SSSR count). The Balaban J connectivity index is 1.87. The molecule has 0 fully saturated rings. The van der Waals surface area contributed by atoms with Crippen LogP contribution in [0.25, 0.3) is 0 Å². The standard InChI is InChI=1S/C22H18ClNOS/c1-17(16-25-20-8-4-2-5-9-20)22(26-21-10-6-3-7-11-21)24-19-14-12-18(23)13-15-19/h2-16H,1H3/b17-16+,24-22?. The second kappa shape index (κ2) is 9.27. The van der Waals surface area contributed by atoms with Crippen molar-refractivity contribution in [2.45, 2.75) is 11.8 Å². The van der Waals surface area contributed by atoms with Crippen molar-refractivity contribution in [1.82, 2.24) is 0 Å². The molecule has 0 aromatic heterocycles. The maximum Gasteiger partial charge on any atom is 0.126 e. The number of nitrogens with zero attached hydrogens (tertiary/aromatic N) is 1. The van der Waals surface area contributed by atoms with E-state index in [0.29, 0.717) is 5.02 Å². The number of hydrogen-bond acceptors (Lipinski definition) is 3. The van der Waals surface area contributed by atoms with Crippen molar-refractivity contribution in [1.29, 1.82) is 0 Å². The van der Waals surface area contributed by atoms with E-state index >= 15 is 0 Å². The van der Waals surface area contributed by atoms with Crippen LogP contribution in [-0.4, -0.2) is 5.04 Å². The first-order valence-corrected chi connectivity index (χ1v) is 9.36. The zero-order chi connectivity index (χ0) is 18.2. The molecule has 0 amide bonds. The average Bonchev–Trinajstić information content (AvgIpc) is 2.69. The Hall–Kier alpha value is -2.49. The van der Waals surface area contributed by atoms with Gasteiger partial charge in [-0.1, -0.05) is 59.8 Å². The van der Waals surface area contributed by atoms with E-state index in [0.717, 1.165) is 26.9 Å². The summed E-state index contributed by atoms with van der Waals surface area (Å²) in [5.41, 5.74) is 1.79. The number of halogens is 1. The minimum Gasteiger partial charge on any atom is -0.465 e. The molecular weight excluding hydrogens is 362 g/mol. The highest BCUT2D eigenvalue weighted by Gasteiger charge is 2.07. The summed E-state index contributed by atoms with van der Waals surface area (Å²) in [4.78, 5) is 5.90. The number of hydrogen-bond donors (Lipinski definition) is 0. The summed E-state index contributed by atoms with van der Waals surface area (Å²) in [5, 5.41) is 1.57. The van der Waals surface area contributed by atoms with E-state index in [1.54, 1.807) is 18.0 Å². The summed E-state index contributed by atoms with van der Waals surface area (Å²) < 4.78 is 5.77. The smallest absolute Gasteiger partial charge is 0.126 e. The maximum absolute atomic E-state index is 5.97. The van der Waals surface area contributed by atoms with Crippen molar-refractivity contribution in [3.05, 3.63) is 102 Å². The van der Waals surface area contributed by atoms with Gasteiger partial charge in [0.05, 0.1) is 11.9 Å². The molecular formula is C22H18ClNOS. The SMILES string of the molecule is C/C(=C\Oc1ccccc1)C(=Nc1ccc(Cl)cc1)Sc1ccccc1. The highest BCUT2D eigenvalue weighted by Crippen LogP contribution is 2.27. The molecule has 2 nitrogen and oxygen atoms in total. The van der Waals surface area contributed by atoms with Gasteiger partial charge in [0.2, 0.25) is 0 Å². The Bertz CT molecular complexity index is 890. The van der Waals surface area contributed by atoms with Crippen LogP contribution in [-0.2, 0) is 0 Å². The molecule has 0 aliphatic heterocycles. The summed E-state index contributed by atoms with van der Waals surface area (Å²) in [7, 11) is 0. The lowest BCUT2D eigenvalue weighted by atomic mass is 10.3. The number of para-hydroxylation sites is 1. The molecule has 0 saturated heterocycles. The number of benzene rings is 3. The van der Waals surface area contributed by atoms with Crippen LogP contribution < -0.4 is 4.74 Å². The summed E-state index contributed by atoms with van der Waals surface area (Å²) in [6.07, 6.45) is 1.74. The van der Waals surface area contributed by atoms with Gasteiger partial charge in [0, 0.05) is 15.5 Å². The monoisotopic (exact) mass is 379 g/mol. The molecule has 0 N–H and O–H groups in total. The third-order valence-corrected chi connectivity index (χ3v) is 4.83. The number of rotatable bonds is 5. The van der Waals surface area contributed by atoms with Crippen molar-refractivity contribution in [3.63, 3.8) is 0 Å². The first-order valence-electron chi connectivity index (χ1n) is 8.17. The summed E-state index contributed by atoms with van der Waals surface area (Å²) in [6, 6.07) is 27.3. The molecule has 0 spiro atoms. The predicted molar refractivity (Wildman–Crippen MR) is 112 cm³/mol. The van der Waals surface area contributed by atoms with Crippen LogP contribution in [0.15, 0.2) is 107 Å². The zero-order valence-electron chi connectivity index (χ0n) is 14.3. The van der Waals surface area contributed by atoms with Crippen molar-refractivity contribution in [2.24, 2.45) is 4.99 Å². The first-order chi connectivity index (χ1) is 12.7. The molecule has 0 saturated carbocycles. The first kappa shape index (κ1) is 18.3. The highest BCUT2D eigenvalue weighted by atomic mass is 35.5. The highest BCUT2D eigenvalue weighted by molar-refractivity contribution is 8.14. The third kappa shape index (κ3) is 5.51. The Labute approximate surface area is 163 Å². The molecule has 0 heterocycles. The maximum atomic E-state index is 5.97. The predicted octanol–water partition coefficient (Wildman–Crippen LogP) is 7.15. The van der Waals surface area contributed by atoms with Gasteiger partial charge in [-0.15, -0.1) is 0 Å². The van der Waals surface area contributed by atoms with Crippen molar-refractivity contribution in [3.8, 4) is 5.75 Å². The molecule has 0 atom stereocenters.